The van der Waals surface area contributed by atoms with Gasteiger partial charge in [-0.05, 0) is 62.5 Å². The van der Waals surface area contributed by atoms with Gasteiger partial charge in [-0.25, -0.2) is 0 Å². The smallest absolute Gasteiger partial charge is 0.0230 e. The van der Waals surface area contributed by atoms with E-state index in [0.717, 1.165) is 12.5 Å². The van der Waals surface area contributed by atoms with Crippen molar-refractivity contribution >= 4 is 0 Å². The molecule has 1 aliphatic rings. The second-order valence-electron chi connectivity index (χ2n) is 6.28. The largest absolute Gasteiger partial charge is 0.316 e. The molecule has 106 valence electrons. The van der Waals surface area contributed by atoms with E-state index in [4.69, 9.17) is 0 Å². The molecule has 0 spiro atoms. The molecule has 0 aliphatic carbocycles. The Bertz CT molecular complexity index is 363. The van der Waals surface area contributed by atoms with Gasteiger partial charge >= 0.3 is 0 Å². The predicted molar refractivity (Wildman–Crippen MR) is 82.5 cm³/mol. The van der Waals surface area contributed by atoms with Crippen LogP contribution in [0.25, 0.3) is 0 Å². The molecule has 0 aromatic heterocycles. The van der Waals surface area contributed by atoms with E-state index in [1.54, 1.807) is 0 Å². The fourth-order valence-corrected chi connectivity index (χ4v) is 2.76. The van der Waals surface area contributed by atoms with Crippen molar-refractivity contribution in [3.8, 4) is 0 Å². The molecule has 1 atom stereocenters. The third kappa shape index (κ3) is 4.63. The van der Waals surface area contributed by atoms with Crippen LogP contribution in [-0.2, 0) is 6.54 Å². The summed E-state index contributed by atoms with van der Waals surface area (Å²) in [4.78, 5) is 2.45. The van der Waals surface area contributed by atoms with E-state index in [9.17, 15) is 0 Å². The van der Waals surface area contributed by atoms with Gasteiger partial charge in [-0.3, -0.25) is 0 Å². The van der Waals surface area contributed by atoms with Crippen LogP contribution in [0, 0.1) is 5.92 Å². The number of hydrogen-bond donors (Lipinski definition) is 1. The summed E-state index contributed by atoms with van der Waals surface area (Å²) in [5, 5.41) is 3.44. The van der Waals surface area contributed by atoms with Crippen LogP contribution in [-0.4, -0.2) is 31.6 Å². The maximum absolute atomic E-state index is 3.44. The zero-order chi connectivity index (χ0) is 13.7. The summed E-state index contributed by atoms with van der Waals surface area (Å²) in [6, 6.07) is 9.11. The SMILES string of the molecule is CC(C)c1ccc(CN(C)CCC2CCNC2)cc1. The standard InChI is InChI=1S/C17H28N2/c1-14(2)17-6-4-16(5-7-17)13-19(3)11-9-15-8-10-18-12-15/h4-7,14-15,18H,8-13H2,1-3H3. The summed E-state index contributed by atoms with van der Waals surface area (Å²) in [7, 11) is 2.23. The van der Waals surface area contributed by atoms with Gasteiger partial charge in [0.15, 0.2) is 0 Å². The molecule has 19 heavy (non-hydrogen) atoms. The van der Waals surface area contributed by atoms with Crippen molar-refractivity contribution in [2.75, 3.05) is 26.7 Å². The van der Waals surface area contributed by atoms with Crippen molar-refractivity contribution in [1.82, 2.24) is 10.2 Å². The molecule has 2 rings (SSSR count). The number of nitrogens with zero attached hydrogens (tertiary/aromatic N) is 1. The monoisotopic (exact) mass is 260 g/mol. The minimum absolute atomic E-state index is 0.627. The van der Waals surface area contributed by atoms with Crippen LogP contribution in [0.5, 0.6) is 0 Å². The number of benzene rings is 1. The molecule has 0 bridgehead atoms. The minimum atomic E-state index is 0.627. The third-order valence-corrected chi connectivity index (χ3v) is 4.18. The summed E-state index contributed by atoms with van der Waals surface area (Å²) in [6.45, 7) is 9.20. The molecular formula is C17H28N2. The molecule has 1 aromatic carbocycles. The molecule has 0 saturated carbocycles. The number of nitrogens with one attached hydrogen (secondary N) is 1. The molecule has 1 fully saturated rings. The lowest BCUT2D eigenvalue weighted by molar-refractivity contribution is 0.298. The highest BCUT2D eigenvalue weighted by Crippen LogP contribution is 2.16. The molecule has 1 heterocycles. The molecule has 1 aromatic rings. The summed E-state index contributed by atoms with van der Waals surface area (Å²) in [6.07, 6.45) is 2.69. The lowest BCUT2D eigenvalue weighted by atomic mass is 10.0. The first-order valence-electron chi connectivity index (χ1n) is 7.63. The predicted octanol–water partition coefficient (Wildman–Crippen LogP) is 3.24. The summed E-state index contributed by atoms with van der Waals surface area (Å²) in [5.74, 6) is 1.52. The highest BCUT2D eigenvalue weighted by molar-refractivity contribution is 5.24. The highest BCUT2D eigenvalue weighted by Gasteiger charge is 2.14. The van der Waals surface area contributed by atoms with E-state index in [2.05, 4.69) is 55.4 Å². The van der Waals surface area contributed by atoms with Crippen LogP contribution in [0.15, 0.2) is 24.3 Å². The van der Waals surface area contributed by atoms with Gasteiger partial charge in [0.2, 0.25) is 0 Å². The van der Waals surface area contributed by atoms with Crippen molar-refractivity contribution < 1.29 is 0 Å². The van der Waals surface area contributed by atoms with Crippen molar-refractivity contribution in [2.45, 2.75) is 39.2 Å². The molecular weight excluding hydrogens is 232 g/mol. The molecule has 0 amide bonds. The average molecular weight is 260 g/mol. The van der Waals surface area contributed by atoms with Crippen LogP contribution < -0.4 is 5.32 Å². The van der Waals surface area contributed by atoms with E-state index in [1.807, 2.05) is 0 Å². The molecule has 2 heteroatoms. The van der Waals surface area contributed by atoms with Gasteiger partial charge in [-0.15, -0.1) is 0 Å². The molecule has 1 N–H and O–H groups in total. The summed E-state index contributed by atoms with van der Waals surface area (Å²) >= 11 is 0. The number of hydrogen-bond acceptors (Lipinski definition) is 2. The second kappa shape index (κ2) is 7.06. The minimum Gasteiger partial charge on any atom is -0.316 e. The zero-order valence-electron chi connectivity index (χ0n) is 12.7. The average Bonchev–Trinajstić information content (AvgIpc) is 2.90. The van der Waals surface area contributed by atoms with Crippen molar-refractivity contribution in [3.05, 3.63) is 35.4 Å². The van der Waals surface area contributed by atoms with Gasteiger partial charge in [-0.2, -0.15) is 0 Å². The first-order valence-corrected chi connectivity index (χ1v) is 7.63. The maximum Gasteiger partial charge on any atom is 0.0230 e. The Balaban J connectivity index is 1.76. The highest BCUT2D eigenvalue weighted by atomic mass is 15.1. The molecule has 1 saturated heterocycles. The Hall–Kier alpha value is -0.860. The molecule has 1 unspecified atom stereocenters. The van der Waals surface area contributed by atoms with Gasteiger partial charge in [0, 0.05) is 6.54 Å². The third-order valence-electron chi connectivity index (χ3n) is 4.18. The molecule has 0 radical (unpaired) electrons. The second-order valence-corrected chi connectivity index (χ2v) is 6.28. The van der Waals surface area contributed by atoms with Crippen molar-refractivity contribution in [2.24, 2.45) is 5.92 Å². The van der Waals surface area contributed by atoms with E-state index < -0.39 is 0 Å². The van der Waals surface area contributed by atoms with Crippen LogP contribution >= 0.6 is 0 Å². The van der Waals surface area contributed by atoms with E-state index >= 15 is 0 Å². The molecule has 1 aliphatic heterocycles. The van der Waals surface area contributed by atoms with Gasteiger partial charge in [0.1, 0.15) is 0 Å². The van der Waals surface area contributed by atoms with Crippen molar-refractivity contribution in [1.29, 1.82) is 0 Å². The maximum atomic E-state index is 3.44. The Morgan fingerprint density at radius 2 is 2.00 bits per heavy atom. The quantitative estimate of drug-likeness (QED) is 0.844. The summed E-state index contributed by atoms with van der Waals surface area (Å²) < 4.78 is 0. The zero-order valence-corrected chi connectivity index (χ0v) is 12.7. The van der Waals surface area contributed by atoms with Gasteiger partial charge < -0.3 is 10.2 Å². The number of rotatable bonds is 6. The molecule has 2 nitrogen and oxygen atoms in total. The van der Waals surface area contributed by atoms with Crippen molar-refractivity contribution in [3.63, 3.8) is 0 Å². The van der Waals surface area contributed by atoms with Gasteiger partial charge in [-0.1, -0.05) is 38.1 Å². The van der Waals surface area contributed by atoms with E-state index in [1.165, 1.54) is 43.6 Å². The Labute approximate surface area is 118 Å². The topological polar surface area (TPSA) is 15.3 Å². The Morgan fingerprint density at radius 1 is 1.26 bits per heavy atom. The van der Waals surface area contributed by atoms with Gasteiger partial charge in [0.05, 0.1) is 0 Å². The van der Waals surface area contributed by atoms with E-state index in [-0.39, 0.29) is 0 Å². The summed E-state index contributed by atoms with van der Waals surface area (Å²) in [5.41, 5.74) is 2.86. The van der Waals surface area contributed by atoms with Crippen LogP contribution in [0.3, 0.4) is 0 Å². The fourth-order valence-electron chi connectivity index (χ4n) is 2.76. The first kappa shape index (κ1) is 14.5. The Kier molecular flexibility index (Phi) is 5.41. The van der Waals surface area contributed by atoms with E-state index in [0.29, 0.717) is 5.92 Å². The Morgan fingerprint density at radius 3 is 2.58 bits per heavy atom. The van der Waals surface area contributed by atoms with Crippen LogP contribution in [0.4, 0.5) is 0 Å². The van der Waals surface area contributed by atoms with Crippen LogP contribution in [0.2, 0.25) is 0 Å². The first-order chi connectivity index (χ1) is 9.15. The lowest BCUT2D eigenvalue weighted by Gasteiger charge is -2.19. The van der Waals surface area contributed by atoms with Gasteiger partial charge in [0.25, 0.3) is 0 Å². The van der Waals surface area contributed by atoms with Crippen LogP contribution in [0.1, 0.15) is 43.7 Å². The lowest BCUT2D eigenvalue weighted by Crippen LogP contribution is -2.22. The fraction of sp³-hybridized carbons (Fsp3) is 0.647. The normalized spacial score (nSPS) is 19.5.